The van der Waals surface area contributed by atoms with Gasteiger partial charge in [-0.1, -0.05) is 12.1 Å². The van der Waals surface area contributed by atoms with E-state index in [0.29, 0.717) is 11.5 Å². The number of rotatable bonds is 3. The van der Waals surface area contributed by atoms with E-state index >= 15 is 0 Å². The normalized spacial score (nSPS) is 10.1. The monoisotopic (exact) mass is 261 g/mol. The Balaban J connectivity index is 2.28. The molecule has 0 unspecified atom stereocenters. The molecule has 0 saturated carbocycles. The van der Waals surface area contributed by atoms with Gasteiger partial charge >= 0.3 is 5.97 Å². The van der Waals surface area contributed by atoms with Crippen LogP contribution in [0.15, 0.2) is 36.7 Å². The predicted molar refractivity (Wildman–Crippen MR) is 67.8 cm³/mol. The van der Waals surface area contributed by atoms with E-state index in [1.54, 1.807) is 30.1 Å². The lowest BCUT2D eigenvalue weighted by atomic mass is 10.3. The molecule has 1 aromatic heterocycles. The Hall–Kier alpha value is -2.50. The van der Waals surface area contributed by atoms with Crippen LogP contribution in [0.3, 0.4) is 0 Å². The fourth-order valence-corrected chi connectivity index (χ4v) is 1.55. The Labute approximate surface area is 109 Å². The molecule has 0 spiro atoms. The SMILES string of the molecule is COC(=O)c1cnc(N(C)c2ccccc2F)cn1. The van der Waals surface area contributed by atoms with Gasteiger partial charge in [0, 0.05) is 7.05 Å². The lowest BCUT2D eigenvalue weighted by Gasteiger charge is -2.18. The Morgan fingerprint density at radius 3 is 2.58 bits per heavy atom. The second kappa shape index (κ2) is 5.43. The summed E-state index contributed by atoms with van der Waals surface area (Å²) in [6, 6.07) is 6.33. The van der Waals surface area contributed by atoms with Gasteiger partial charge in [-0.2, -0.15) is 0 Å². The number of para-hydroxylation sites is 1. The summed E-state index contributed by atoms with van der Waals surface area (Å²) in [5.41, 5.74) is 0.482. The molecule has 0 aliphatic heterocycles. The minimum atomic E-state index is -0.562. The van der Waals surface area contributed by atoms with Crippen LogP contribution in [0.25, 0.3) is 0 Å². The number of carbonyl (C=O) groups is 1. The molecule has 98 valence electrons. The zero-order valence-corrected chi connectivity index (χ0v) is 10.5. The van der Waals surface area contributed by atoms with E-state index in [9.17, 15) is 9.18 Å². The van der Waals surface area contributed by atoms with Gasteiger partial charge in [-0.05, 0) is 12.1 Å². The van der Waals surface area contributed by atoms with Crippen molar-refractivity contribution in [1.82, 2.24) is 9.97 Å². The number of halogens is 1. The number of benzene rings is 1. The van der Waals surface area contributed by atoms with Gasteiger partial charge in [0.1, 0.15) is 5.82 Å². The average Bonchev–Trinajstić information content (AvgIpc) is 2.46. The van der Waals surface area contributed by atoms with Crippen molar-refractivity contribution in [3.8, 4) is 0 Å². The largest absolute Gasteiger partial charge is 0.464 e. The molecule has 0 atom stereocenters. The first kappa shape index (κ1) is 12.9. The molecule has 6 heteroatoms. The molecule has 0 N–H and O–H groups in total. The second-order valence-corrected chi connectivity index (χ2v) is 3.76. The number of nitrogens with zero attached hydrogens (tertiary/aromatic N) is 3. The maximum atomic E-state index is 13.6. The molecule has 2 rings (SSSR count). The number of methoxy groups -OCH3 is 1. The third-order valence-corrected chi connectivity index (χ3v) is 2.59. The van der Waals surface area contributed by atoms with E-state index in [2.05, 4.69) is 14.7 Å². The number of carbonyl (C=O) groups excluding carboxylic acids is 1. The Bertz CT molecular complexity index is 587. The third-order valence-electron chi connectivity index (χ3n) is 2.59. The Morgan fingerprint density at radius 2 is 2.00 bits per heavy atom. The first-order chi connectivity index (χ1) is 9.13. The summed E-state index contributed by atoms with van der Waals surface area (Å²) in [6.45, 7) is 0. The molecule has 0 bridgehead atoms. The van der Waals surface area contributed by atoms with Crippen molar-refractivity contribution in [2.24, 2.45) is 0 Å². The van der Waals surface area contributed by atoms with Gasteiger partial charge in [0.25, 0.3) is 0 Å². The van der Waals surface area contributed by atoms with Crippen molar-refractivity contribution < 1.29 is 13.9 Å². The van der Waals surface area contributed by atoms with E-state index in [4.69, 9.17) is 0 Å². The minimum absolute atomic E-state index is 0.105. The number of hydrogen-bond acceptors (Lipinski definition) is 5. The zero-order chi connectivity index (χ0) is 13.8. The van der Waals surface area contributed by atoms with Crippen LogP contribution < -0.4 is 4.90 Å². The molecule has 0 fully saturated rings. The van der Waals surface area contributed by atoms with Crippen molar-refractivity contribution in [3.05, 3.63) is 48.2 Å². The number of hydrogen-bond donors (Lipinski definition) is 0. The molecule has 2 aromatic rings. The number of ether oxygens (including phenoxy) is 1. The zero-order valence-electron chi connectivity index (χ0n) is 10.5. The molecule has 1 aromatic carbocycles. The summed E-state index contributed by atoms with van der Waals surface area (Å²) >= 11 is 0. The van der Waals surface area contributed by atoms with E-state index in [1.165, 1.54) is 25.6 Å². The average molecular weight is 261 g/mol. The van der Waals surface area contributed by atoms with E-state index in [1.807, 2.05) is 0 Å². The fourth-order valence-electron chi connectivity index (χ4n) is 1.55. The summed E-state index contributed by atoms with van der Waals surface area (Å²) in [5.74, 6) is -0.491. The van der Waals surface area contributed by atoms with Crippen molar-refractivity contribution in [3.63, 3.8) is 0 Å². The smallest absolute Gasteiger partial charge is 0.358 e. The highest BCUT2D eigenvalue weighted by Crippen LogP contribution is 2.23. The molecule has 19 heavy (non-hydrogen) atoms. The second-order valence-electron chi connectivity index (χ2n) is 3.76. The van der Waals surface area contributed by atoms with Gasteiger partial charge in [0.2, 0.25) is 0 Å². The third kappa shape index (κ3) is 2.67. The molecule has 0 aliphatic rings. The lowest BCUT2D eigenvalue weighted by Crippen LogP contribution is -2.14. The van der Waals surface area contributed by atoms with Crippen molar-refractivity contribution in [1.29, 1.82) is 0 Å². The van der Waals surface area contributed by atoms with Gasteiger partial charge in [0.05, 0.1) is 25.2 Å². The van der Waals surface area contributed by atoms with Crippen molar-refractivity contribution >= 4 is 17.5 Å². The lowest BCUT2D eigenvalue weighted by molar-refractivity contribution is 0.0593. The summed E-state index contributed by atoms with van der Waals surface area (Å²) in [6.07, 6.45) is 2.68. The fraction of sp³-hybridized carbons (Fsp3) is 0.154. The van der Waals surface area contributed by atoms with Gasteiger partial charge in [-0.3, -0.25) is 0 Å². The summed E-state index contributed by atoms with van der Waals surface area (Å²) in [4.78, 5) is 20.8. The molecule has 0 amide bonds. The van der Waals surface area contributed by atoms with E-state index in [-0.39, 0.29) is 11.5 Å². The van der Waals surface area contributed by atoms with Crippen LogP contribution in [0.2, 0.25) is 0 Å². The van der Waals surface area contributed by atoms with Gasteiger partial charge < -0.3 is 9.64 Å². The van der Waals surface area contributed by atoms with Crippen LogP contribution in [0.5, 0.6) is 0 Å². The number of esters is 1. The Kier molecular flexibility index (Phi) is 3.70. The number of aromatic nitrogens is 2. The van der Waals surface area contributed by atoms with Crippen LogP contribution in [0.4, 0.5) is 15.9 Å². The van der Waals surface area contributed by atoms with Crippen LogP contribution in [-0.2, 0) is 4.74 Å². The molecular weight excluding hydrogens is 249 g/mol. The van der Waals surface area contributed by atoms with E-state index in [0.717, 1.165) is 0 Å². The van der Waals surface area contributed by atoms with E-state index < -0.39 is 5.97 Å². The van der Waals surface area contributed by atoms with Crippen molar-refractivity contribution in [2.75, 3.05) is 19.1 Å². The quantitative estimate of drug-likeness (QED) is 0.792. The van der Waals surface area contributed by atoms with Gasteiger partial charge in [0.15, 0.2) is 11.5 Å². The summed E-state index contributed by atoms with van der Waals surface area (Å²) in [7, 11) is 2.93. The van der Waals surface area contributed by atoms with Crippen LogP contribution >= 0.6 is 0 Å². The minimum Gasteiger partial charge on any atom is -0.464 e. The van der Waals surface area contributed by atoms with Crippen LogP contribution in [-0.4, -0.2) is 30.1 Å². The summed E-state index contributed by atoms with van der Waals surface area (Å²) < 4.78 is 18.1. The van der Waals surface area contributed by atoms with Crippen molar-refractivity contribution in [2.45, 2.75) is 0 Å². The highest BCUT2D eigenvalue weighted by atomic mass is 19.1. The predicted octanol–water partition coefficient (Wildman–Crippen LogP) is 2.17. The molecule has 0 saturated heterocycles. The maximum Gasteiger partial charge on any atom is 0.358 e. The Morgan fingerprint density at radius 1 is 1.26 bits per heavy atom. The molecule has 0 radical (unpaired) electrons. The van der Waals surface area contributed by atoms with Gasteiger partial charge in [-0.25, -0.2) is 19.2 Å². The van der Waals surface area contributed by atoms with Crippen LogP contribution in [0, 0.1) is 5.82 Å². The number of anilines is 2. The molecular formula is C13H12FN3O2. The standard InChI is InChI=1S/C13H12FN3O2/c1-17(11-6-4-3-5-9(11)14)12-8-15-10(7-16-12)13(18)19-2/h3-8H,1-2H3. The highest BCUT2D eigenvalue weighted by molar-refractivity contribution is 5.86. The highest BCUT2D eigenvalue weighted by Gasteiger charge is 2.12. The molecule has 0 aliphatic carbocycles. The topological polar surface area (TPSA) is 55.3 Å². The van der Waals surface area contributed by atoms with Crippen LogP contribution in [0.1, 0.15) is 10.5 Å². The molecule has 5 nitrogen and oxygen atoms in total. The first-order valence-electron chi connectivity index (χ1n) is 5.52. The van der Waals surface area contributed by atoms with Gasteiger partial charge in [-0.15, -0.1) is 0 Å². The molecule has 1 heterocycles. The first-order valence-corrected chi connectivity index (χ1v) is 5.52. The summed E-state index contributed by atoms with van der Waals surface area (Å²) in [5, 5.41) is 0. The maximum absolute atomic E-state index is 13.6.